The number of hydrogen-bond acceptors (Lipinski definition) is 6. The fraction of sp³-hybridized carbons (Fsp3) is 0.889. The molecule has 1 saturated carbocycles. The van der Waals surface area contributed by atoms with Crippen molar-refractivity contribution in [1.82, 2.24) is 0 Å². The van der Waals surface area contributed by atoms with E-state index in [2.05, 4.69) is 40.7 Å². The highest BCUT2D eigenvalue weighted by Crippen LogP contribution is 2.59. The van der Waals surface area contributed by atoms with E-state index < -0.39 is 0 Å². The Morgan fingerprint density at radius 3 is 2.48 bits per heavy atom. The number of unbranched alkanes of at least 4 members (excludes halogenated alkanes) is 4. The third-order valence-electron chi connectivity index (χ3n) is 7.50. The number of carbonyl (C=O) groups is 1. The molecule has 0 aromatic carbocycles. The van der Waals surface area contributed by atoms with Gasteiger partial charge in [0.15, 0.2) is 0 Å². The van der Waals surface area contributed by atoms with Gasteiger partial charge in [-0.1, -0.05) is 30.9 Å². The van der Waals surface area contributed by atoms with Gasteiger partial charge in [0.05, 0.1) is 24.7 Å². The quantitative estimate of drug-likeness (QED) is 0.148. The van der Waals surface area contributed by atoms with Gasteiger partial charge in [-0.05, 0) is 66.7 Å². The Morgan fingerprint density at radius 2 is 1.85 bits per heavy atom. The average molecular weight is 467 g/mol. The van der Waals surface area contributed by atoms with Gasteiger partial charge in [0, 0.05) is 20.1 Å². The topological polar surface area (TPSA) is 69.8 Å². The molecule has 1 spiro atoms. The first kappa shape index (κ1) is 26.7. The molecule has 1 aliphatic carbocycles. The standard InChI is InChI=1S/C27H46O6/c1-19(2)13-14-22-26(5,33-22)25-24(29-6)21(15-16-27(25)18-31-27)32-23(28)12-10-8-7-9-11-17-30-20(3)4/h13,20-22,24-25H,7-12,14-18H2,1-6H3/t21?,22-,24?,25?,26+,27+/m1/s1. The Morgan fingerprint density at radius 1 is 1.15 bits per heavy atom. The molecule has 2 aliphatic heterocycles. The molecule has 0 aromatic rings. The Kier molecular flexibility index (Phi) is 9.41. The second kappa shape index (κ2) is 11.7. The number of epoxide rings is 2. The van der Waals surface area contributed by atoms with Crippen LogP contribution in [0, 0.1) is 5.92 Å². The summed E-state index contributed by atoms with van der Waals surface area (Å²) in [6.07, 6.45) is 10.6. The summed E-state index contributed by atoms with van der Waals surface area (Å²) < 4.78 is 29.7. The van der Waals surface area contributed by atoms with Gasteiger partial charge in [0.25, 0.3) is 0 Å². The molecule has 2 saturated heterocycles. The lowest BCUT2D eigenvalue weighted by atomic mass is 9.68. The zero-order valence-electron chi connectivity index (χ0n) is 21.7. The van der Waals surface area contributed by atoms with E-state index in [9.17, 15) is 4.79 Å². The lowest BCUT2D eigenvalue weighted by Gasteiger charge is -2.42. The molecular formula is C27H46O6. The fourth-order valence-electron chi connectivity index (χ4n) is 5.52. The minimum Gasteiger partial charge on any atom is -0.460 e. The van der Waals surface area contributed by atoms with Crippen LogP contribution in [0.1, 0.15) is 92.4 Å². The molecule has 6 atom stereocenters. The minimum atomic E-state index is -0.298. The lowest BCUT2D eigenvalue weighted by Crippen LogP contribution is -2.55. The van der Waals surface area contributed by atoms with Crippen LogP contribution in [0.4, 0.5) is 0 Å². The average Bonchev–Trinajstić information content (AvgIpc) is 3.67. The second-order valence-electron chi connectivity index (χ2n) is 10.8. The molecule has 3 rings (SSSR count). The summed E-state index contributed by atoms with van der Waals surface area (Å²) in [6.45, 7) is 12.1. The van der Waals surface area contributed by atoms with Crippen molar-refractivity contribution in [2.75, 3.05) is 20.3 Å². The van der Waals surface area contributed by atoms with Crippen molar-refractivity contribution in [3.05, 3.63) is 11.6 Å². The van der Waals surface area contributed by atoms with Crippen LogP contribution in [0.25, 0.3) is 0 Å². The maximum absolute atomic E-state index is 12.6. The van der Waals surface area contributed by atoms with Gasteiger partial charge >= 0.3 is 5.97 Å². The first-order valence-electron chi connectivity index (χ1n) is 13.0. The number of hydrogen-bond donors (Lipinski definition) is 0. The maximum atomic E-state index is 12.6. The number of methoxy groups -OCH3 is 1. The van der Waals surface area contributed by atoms with E-state index >= 15 is 0 Å². The van der Waals surface area contributed by atoms with Crippen LogP contribution in [-0.4, -0.2) is 61.9 Å². The van der Waals surface area contributed by atoms with E-state index in [-0.39, 0.29) is 41.4 Å². The van der Waals surface area contributed by atoms with Gasteiger partial charge in [-0.15, -0.1) is 0 Å². The smallest absolute Gasteiger partial charge is 0.306 e. The molecule has 0 N–H and O–H groups in total. The molecular weight excluding hydrogens is 420 g/mol. The third-order valence-corrected chi connectivity index (χ3v) is 7.50. The Balaban J connectivity index is 1.45. The van der Waals surface area contributed by atoms with Gasteiger partial charge in [-0.3, -0.25) is 4.79 Å². The Hall–Kier alpha value is -0.950. The summed E-state index contributed by atoms with van der Waals surface area (Å²) in [5.41, 5.74) is 0.818. The van der Waals surface area contributed by atoms with Crippen LogP contribution >= 0.6 is 0 Å². The number of carbonyl (C=O) groups excluding carboxylic acids is 1. The van der Waals surface area contributed by atoms with E-state index in [0.717, 1.165) is 64.6 Å². The molecule has 0 bridgehead atoms. The zero-order valence-corrected chi connectivity index (χ0v) is 21.7. The van der Waals surface area contributed by atoms with Gasteiger partial charge < -0.3 is 23.7 Å². The highest BCUT2D eigenvalue weighted by molar-refractivity contribution is 5.69. The largest absolute Gasteiger partial charge is 0.460 e. The van der Waals surface area contributed by atoms with Gasteiger partial charge in [-0.2, -0.15) is 0 Å². The maximum Gasteiger partial charge on any atom is 0.306 e. The fourth-order valence-corrected chi connectivity index (χ4v) is 5.52. The van der Waals surface area contributed by atoms with Crippen molar-refractivity contribution in [3.8, 4) is 0 Å². The van der Waals surface area contributed by atoms with Crippen molar-refractivity contribution in [2.24, 2.45) is 5.92 Å². The minimum absolute atomic E-state index is 0.0742. The van der Waals surface area contributed by atoms with Crippen LogP contribution in [0.3, 0.4) is 0 Å². The van der Waals surface area contributed by atoms with Crippen molar-refractivity contribution in [1.29, 1.82) is 0 Å². The number of rotatable bonds is 14. The Labute approximate surface area is 200 Å². The summed E-state index contributed by atoms with van der Waals surface area (Å²) in [6, 6.07) is 0. The molecule has 3 unspecified atom stereocenters. The first-order valence-corrected chi connectivity index (χ1v) is 13.0. The van der Waals surface area contributed by atoms with E-state index in [1.807, 2.05) is 0 Å². The number of allylic oxidation sites excluding steroid dienone is 1. The monoisotopic (exact) mass is 466 g/mol. The molecule has 0 aromatic heterocycles. The number of esters is 1. The van der Waals surface area contributed by atoms with Crippen molar-refractivity contribution in [2.45, 2.75) is 128 Å². The highest BCUT2D eigenvalue weighted by Gasteiger charge is 2.72. The van der Waals surface area contributed by atoms with Gasteiger partial charge in [0.1, 0.15) is 23.4 Å². The van der Waals surface area contributed by atoms with Gasteiger partial charge in [0.2, 0.25) is 0 Å². The summed E-state index contributed by atoms with van der Waals surface area (Å²) in [5, 5.41) is 0. The molecule has 33 heavy (non-hydrogen) atoms. The van der Waals surface area contributed by atoms with Crippen molar-refractivity contribution in [3.63, 3.8) is 0 Å². The highest BCUT2D eigenvalue weighted by atomic mass is 16.6. The van der Waals surface area contributed by atoms with E-state index in [1.165, 1.54) is 5.57 Å². The van der Waals surface area contributed by atoms with Crippen LogP contribution in [-0.2, 0) is 28.5 Å². The normalized spacial score (nSPS) is 35.0. The zero-order chi connectivity index (χ0) is 24.1. The van der Waals surface area contributed by atoms with Crippen LogP contribution in [0.2, 0.25) is 0 Å². The Bertz CT molecular complexity index is 666. The van der Waals surface area contributed by atoms with Crippen LogP contribution in [0.5, 0.6) is 0 Å². The molecule has 0 amide bonds. The van der Waals surface area contributed by atoms with Crippen LogP contribution < -0.4 is 0 Å². The second-order valence-corrected chi connectivity index (χ2v) is 10.8. The SMILES string of the molecule is COC1C(OC(=O)CCCCCCCOC(C)C)CC[C@]2(CO2)C1[C@@]1(C)O[C@@H]1CC=C(C)C. The molecule has 6 nitrogen and oxygen atoms in total. The first-order chi connectivity index (χ1) is 15.7. The van der Waals surface area contributed by atoms with E-state index in [0.29, 0.717) is 12.5 Å². The van der Waals surface area contributed by atoms with E-state index in [1.54, 1.807) is 7.11 Å². The van der Waals surface area contributed by atoms with E-state index in [4.69, 9.17) is 23.7 Å². The summed E-state index contributed by atoms with van der Waals surface area (Å²) in [5.74, 6) is -0.0373. The molecule has 2 heterocycles. The van der Waals surface area contributed by atoms with Crippen LogP contribution in [0.15, 0.2) is 11.6 Å². The lowest BCUT2D eigenvalue weighted by molar-refractivity contribution is -0.172. The molecule has 6 heteroatoms. The third kappa shape index (κ3) is 7.03. The molecule has 3 aliphatic rings. The summed E-state index contributed by atoms with van der Waals surface area (Å²) in [7, 11) is 1.72. The number of ether oxygens (including phenoxy) is 5. The van der Waals surface area contributed by atoms with Crippen molar-refractivity contribution < 1.29 is 28.5 Å². The van der Waals surface area contributed by atoms with Crippen molar-refractivity contribution >= 4 is 5.97 Å². The summed E-state index contributed by atoms with van der Waals surface area (Å²) in [4.78, 5) is 12.6. The summed E-state index contributed by atoms with van der Waals surface area (Å²) >= 11 is 0. The molecule has 190 valence electrons. The molecule has 0 radical (unpaired) electrons. The van der Waals surface area contributed by atoms with Gasteiger partial charge in [-0.25, -0.2) is 0 Å². The molecule has 3 fully saturated rings. The predicted octanol–water partition coefficient (Wildman–Crippen LogP) is 5.37. The predicted molar refractivity (Wildman–Crippen MR) is 128 cm³/mol.